The third kappa shape index (κ3) is 1.36. The van der Waals surface area contributed by atoms with Gasteiger partial charge >= 0.3 is 0 Å². The van der Waals surface area contributed by atoms with Crippen LogP contribution in [0.1, 0.15) is 6.42 Å². The second kappa shape index (κ2) is 3.88. The van der Waals surface area contributed by atoms with Crippen LogP contribution in [0.15, 0.2) is 12.7 Å². The van der Waals surface area contributed by atoms with E-state index in [4.69, 9.17) is 0 Å². The highest BCUT2D eigenvalue weighted by molar-refractivity contribution is 9.12. The number of halogens is 2. The Morgan fingerprint density at radius 2 is 1.47 bits per heavy atom. The molecule has 0 spiro atoms. The Morgan fingerprint density at radius 3 is 1.95 bits per heavy atom. The third-order valence-corrected chi connectivity index (χ3v) is 7.81. The van der Waals surface area contributed by atoms with E-state index >= 15 is 0 Å². The van der Waals surface area contributed by atoms with Gasteiger partial charge in [-0.05, 0) is 18.3 Å². The minimum absolute atomic E-state index is 0.119. The summed E-state index contributed by atoms with van der Waals surface area (Å²) in [7, 11) is 0. The van der Waals surface area contributed by atoms with E-state index in [1.54, 1.807) is 0 Å². The van der Waals surface area contributed by atoms with Crippen molar-refractivity contribution in [2.24, 2.45) is 23.7 Å². The molecule has 0 unspecified atom stereocenters. The third-order valence-electron chi connectivity index (χ3n) is 4.60. The lowest BCUT2D eigenvalue weighted by atomic mass is 9.81. The fourth-order valence-electron chi connectivity index (χ4n) is 3.86. The van der Waals surface area contributed by atoms with Gasteiger partial charge in [-0.1, -0.05) is 31.9 Å². The number of carbonyl (C=O) groups is 2. The fraction of sp³-hybridized carbons (Fsp3) is 0.636. The van der Waals surface area contributed by atoms with Crippen molar-refractivity contribution >= 4 is 43.7 Å². The minimum Gasteiger partial charge on any atom is -0.272 e. The Morgan fingerprint density at radius 1 is 1.00 bits per heavy atom. The SMILES string of the molecule is O=C1[C@H]2[C@@H]3C[C@H]([C@@H](Br)[C@H]3Br)[C@@H]2C(=O)N1n1cnnc1. The highest BCUT2D eigenvalue weighted by Gasteiger charge is 2.66. The van der Waals surface area contributed by atoms with Crippen LogP contribution in [-0.2, 0) is 9.59 Å². The first-order valence-corrected chi connectivity index (χ1v) is 7.95. The van der Waals surface area contributed by atoms with Gasteiger partial charge in [-0.15, -0.1) is 10.2 Å². The lowest BCUT2D eigenvalue weighted by molar-refractivity contribution is -0.125. The first-order valence-electron chi connectivity index (χ1n) is 6.12. The van der Waals surface area contributed by atoms with Crippen molar-refractivity contribution in [2.45, 2.75) is 16.1 Å². The number of aromatic nitrogens is 3. The van der Waals surface area contributed by atoms with Crippen LogP contribution in [0.25, 0.3) is 0 Å². The van der Waals surface area contributed by atoms with Crippen LogP contribution in [0.3, 0.4) is 0 Å². The Hall–Kier alpha value is -0.760. The zero-order chi connectivity index (χ0) is 13.3. The number of imide groups is 1. The van der Waals surface area contributed by atoms with Crippen LogP contribution in [0.5, 0.6) is 0 Å². The van der Waals surface area contributed by atoms with Crippen molar-refractivity contribution < 1.29 is 9.59 Å². The minimum atomic E-state index is -0.196. The van der Waals surface area contributed by atoms with Gasteiger partial charge in [0, 0.05) is 9.65 Å². The van der Waals surface area contributed by atoms with E-state index in [2.05, 4.69) is 42.1 Å². The Bertz CT molecular complexity index is 531. The summed E-state index contributed by atoms with van der Waals surface area (Å²) in [6.07, 6.45) is 3.71. The first kappa shape index (κ1) is 12.0. The van der Waals surface area contributed by atoms with Crippen LogP contribution in [0, 0.1) is 23.7 Å². The molecule has 3 fully saturated rings. The largest absolute Gasteiger partial charge is 0.272 e. The molecule has 4 rings (SSSR count). The van der Waals surface area contributed by atoms with Gasteiger partial charge < -0.3 is 0 Å². The normalized spacial score (nSPS) is 44.2. The van der Waals surface area contributed by atoms with E-state index in [-0.39, 0.29) is 45.1 Å². The number of carbonyl (C=O) groups excluding carboxylic acids is 2. The van der Waals surface area contributed by atoms with Crippen molar-refractivity contribution in [1.82, 2.24) is 14.9 Å². The highest BCUT2D eigenvalue weighted by atomic mass is 79.9. The molecule has 3 aliphatic rings. The monoisotopic (exact) mass is 388 g/mol. The number of alkyl halides is 2. The molecule has 2 saturated carbocycles. The quantitative estimate of drug-likeness (QED) is 0.523. The van der Waals surface area contributed by atoms with Crippen molar-refractivity contribution in [3.63, 3.8) is 0 Å². The molecule has 6 nitrogen and oxygen atoms in total. The Labute approximate surface area is 125 Å². The molecular weight excluding hydrogens is 380 g/mol. The maximum Gasteiger partial charge on any atom is 0.252 e. The standard InChI is InChI=1S/C11H10Br2N4O2/c12-8-4-1-5(9(8)13)7-6(4)10(18)17(11(7)19)16-2-14-15-3-16/h2-9H,1H2/t4-,5-,6-,7-,8-,9+/m0/s1. The number of rotatable bonds is 1. The van der Waals surface area contributed by atoms with Crippen LogP contribution >= 0.6 is 31.9 Å². The van der Waals surface area contributed by atoms with Crippen LogP contribution < -0.4 is 5.01 Å². The summed E-state index contributed by atoms with van der Waals surface area (Å²) < 4.78 is 1.38. The van der Waals surface area contributed by atoms with Gasteiger partial charge in [0.15, 0.2) is 0 Å². The maximum absolute atomic E-state index is 12.5. The van der Waals surface area contributed by atoms with Crippen molar-refractivity contribution in [3.8, 4) is 0 Å². The van der Waals surface area contributed by atoms with E-state index in [1.807, 2.05) is 0 Å². The number of hydrogen-bond donors (Lipinski definition) is 0. The average Bonchev–Trinajstić information content (AvgIpc) is 3.10. The maximum atomic E-state index is 12.5. The van der Waals surface area contributed by atoms with Gasteiger partial charge in [-0.2, -0.15) is 5.01 Å². The van der Waals surface area contributed by atoms with Crippen LogP contribution in [0.4, 0.5) is 0 Å². The first-order chi connectivity index (χ1) is 9.11. The van der Waals surface area contributed by atoms with Crippen molar-refractivity contribution in [3.05, 3.63) is 12.7 Å². The Balaban J connectivity index is 1.76. The van der Waals surface area contributed by atoms with E-state index < -0.39 is 0 Å². The summed E-state index contributed by atoms with van der Waals surface area (Å²) in [6.45, 7) is 0. The predicted octanol–water partition coefficient (Wildman–Crippen LogP) is 0.692. The van der Waals surface area contributed by atoms with Crippen molar-refractivity contribution in [2.75, 3.05) is 5.01 Å². The molecule has 1 saturated heterocycles. The highest BCUT2D eigenvalue weighted by Crippen LogP contribution is 2.59. The van der Waals surface area contributed by atoms with Gasteiger partial charge in [0.1, 0.15) is 12.7 Å². The molecule has 2 bridgehead atoms. The molecule has 1 aromatic heterocycles. The number of nitrogens with zero attached hydrogens (tertiary/aromatic N) is 4. The molecule has 6 atom stereocenters. The van der Waals surface area contributed by atoms with Gasteiger partial charge in [0.2, 0.25) is 0 Å². The van der Waals surface area contributed by atoms with E-state index in [9.17, 15) is 9.59 Å². The summed E-state index contributed by atoms with van der Waals surface area (Å²) in [5.74, 6) is -0.164. The molecule has 0 aromatic carbocycles. The summed E-state index contributed by atoms with van der Waals surface area (Å²) in [5, 5.41) is 8.52. The fourth-order valence-corrected chi connectivity index (χ4v) is 5.73. The molecule has 0 N–H and O–H groups in total. The van der Waals surface area contributed by atoms with E-state index in [0.717, 1.165) is 6.42 Å². The number of fused-ring (bicyclic) bond motifs is 5. The number of hydrogen-bond acceptors (Lipinski definition) is 4. The molecule has 0 radical (unpaired) electrons. The predicted molar refractivity (Wildman–Crippen MR) is 72.3 cm³/mol. The lowest BCUT2D eigenvalue weighted by Gasteiger charge is -2.28. The lowest BCUT2D eigenvalue weighted by Crippen LogP contribution is -2.41. The van der Waals surface area contributed by atoms with Crippen LogP contribution in [-0.4, -0.2) is 36.3 Å². The van der Waals surface area contributed by atoms with Gasteiger partial charge in [-0.25, -0.2) is 4.68 Å². The molecule has 2 aliphatic carbocycles. The topological polar surface area (TPSA) is 68.1 Å². The molecule has 2 heterocycles. The molecule has 2 amide bonds. The smallest absolute Gasteiger partial charge is 0.252 e. The summed E-state index contributed by atoms with van der Waals surface area (Å²) >= 11 is 7.31. The summed E-state index contributed by atoms with van der Waals surface area (Å²) in [4.78, 5) is 25.6. The number of amides is 2. The van der Waals surface area contributed by atoms with Gasteiger partial charge in [-0.3, -0.25) is 9.59 Å². The zero-order valence-corrected chi connectivity index (χ0v) is 12.9. The molecule has 100 valence electrons. The summed E-state index contributed by atoms with van der Waals surface area (Å²) in [5.41, 5.74) is 0. The summed E-state index contributed by atoms with van der Waals surface area (Å²) in [6, 6.07) is 0. The van der Waals surface area contributed by atoms with Gasteiger partial charge in [0.25, 0.3) is 11.8 Å². The zero-order valence-electron chi connectivity index (χ0n) is 9.69. The molecule has 19 heavy (non-hydrogen) atoms. The van der Waals surface area contributed by atoms with Crippen LogP contribution in [0.2, 0.25) is 0 Å². The molecule has 1 aliphatic heterocycles. The van der Waals surface area contributed by atoms with E-state index in [1.165, 1.54) is 22.3 Å². The van der Waals surface area contributed by atoms with E-state index in [0.29, 0.717) is 0 Å². The van der Waals surface area contributed by atoms with Crippen molar-refractivity contribution in [1.29, 1.82) is 0 Å². The van der Waals surface area contributed by atoms with Gasteiger partial charge in [0.05, 0.1) is 11.8 Å². The molecule has 8 heteroatoms. The molecular formula is C11H10Br2N4O2. The second-order valence-electron chi connectivity index (χ2n) is 5.33. The molecule has 1 aromatic rings. The average molecular weight is 390 g/mol. The second-order valence-corrected chi connectivity index (χ2v) is 7.45. The Kier molecular flexibility index (Phi) is 2.45.